The average molecular weight is 525 g/mol. The van der Waals surface area contributed by atoms with Crippen LogP contribution in [-0.4, -0.2) is 48.9 Å². The summed E-state index contributed by atoms with van der Waals surface area (Å²) in [6, 6.07) is 27.9. The summed E-state index contributed by atoms with van der Waals surface area (Å²) < 4.78 is 5.86. The minimum Gasteiger partial charge on any atom is -0.462 e. The number of amides is 2. The van der Waals surface area contributed by atoms with E-state index in [1.165, 1.54) is 11.1 Å². The van der Waals surface area contributed by atoms with E-state index < -0.39 is 5.97 Å². The van der Waals surface area contributed by atoms with E-state index in [1.54, 1.807) is 31.2 Å². The van der Waals surface area contributed by atoms with E-state index in [2.05, 4.69) is 53.4 Å². The summed E-state index contributed by atoms with van der Waals surface area (Å²) in [7, 11) is 0. The number of para-hydroxylation sites is 1. The second-order valence-electron chi connectivity index (χ2n) is 10.8. The lowest BCUT2D eigenvalue weighted by Gasteiger charge is -2.38. The number of nitrogens with zero attached hydrogens (tertiary/aromatic N) is 2. The molecular formula is C33H36N2O4. The second-order valence-corrected chi connectivity index (χ2v) is 10.8. The maximum atomic E-state index is 13.2. The zero-order valence-electron chi connectivity index (χ0n) is 22.5. The number of carbonyl (C=O) groups excluding carboxylic acids is 3. The maximum Gasteiger partial charge on any atom is 0.340 e. The highest BCUT2D eigenvalue weighted by molar-refractivity contribution is 6.22. The molecule has 2 saturated heterocycles. The van der Waals surface area contributed by atoms with Crippen LogP contribution in [0.4, 0.5) is 5.69 Å². The molecule has 1 unspecified atom stereocenters. The van der Waals surface area contributed by atoms with Gasteiger partial charge in [0.25, 0.3) is 0 Å². The van der Waals surface area contributed by atoms with Crippen molar-refractivity contribution in [2.24, 2.45) is 11.8 Å². The van der Waals surface area contributed by atoms with Gasteiger partial charge in [0, 0.05) is 31.3 Å². The lowest BCUT2D eigenvalue weighted by Crippen LogP contribution is -2.42. The quantitative estimate of drug-likeness (QED) is 0.274. The minimum atomic E-state index is -0.497. The van der Waals surface area contributed by atoms with Gasteiger partial charge >= 0.3 is 5.97 Å². The number of likely N-dealkylation sites (tertiary alicyclic amines) is 1. The molecule has 5 rings (SSSR count). The highest BCUT2D eigenvalue weighted by Gasteiger charge is 2.38. The molecule has 0 aromatic heterocycles. The summed E-state index contributed by atoms with van der Waals surface area (Å²) >= 11 is 0. The molecular weight excluding hydrogens is 488 g/mol. The van der Waals surface area contributed by atoms with E-state index >= 15 is 0 Å². The highest BCUT2D eigenvalue weighted by Crippen LogP contribution is 2.32. The number of benzene rings is 3. The Morgan fingerprint density at radius 3 is 2.31 bits per heavy atom. The summed E-state index contributed by atoms with van der Waals surface area (Å²) in [5, 5.41) is 0. The number of carbonyl (C=O) groups is 3. The van der Waals surface area contributed by atoms with Crippen LogP contribution >= 0.6 is 0 Å². The number of anilines is 1. The van der Waals surface area contributed by atoms with Crippen LogP contribution in [0.15, 0.2) is 84.9 Å². The summed E-state index contributed by atoms with van der Waals surface area (Å²) in [6.45, 7) is 4.88. The van der Waals surface area contributed by atoms with Crippen molar-refractivity contribution in [1.29, 1.82) is 0 Å². The van der Waals surface area contributed by atoms with Gasteiger partial charge in [-0.15, -0.1) is 0 Å². The molecule has 2 amide bonds. The normalized spacial score (nSPS) is 21.8. The van der Waals surface area contributed by atoms with E-state index in [0.717, 1.165) is 43.8 Å². The van der Waals surface area contributed by atoms with Crippen molar-refractivity contribution in [3.8, 4) is 0 Å². The third kappa shape index (κ3) is 6.45. The minimum absolute atomic E-state index is 0.158. The fourth-order valence-corrected chi connectivity index (χ4v) is 5.87. The summed E-state index contributed by atoms with van der Waals surface area (Å²) in [5.74, 6) is -0.878. The van der Waals surface area contributed by atoms with Crippen molar-refractivity contribution in [1.82, 2.24) is 4.90 Å². The van der Waals surface area contributed by atoms with Crippen molar-refractivity contribution < 1.29 is 19.1 Å². The number of aryl methyl sites for hydroxylation is 1. The first-order chi connectivity index (χ1) is 19.0. The molecule has 0 radical (unpaired) electrons. The third-order valence-electron chi connectivity index (χ3n) is 7.85. The zero-order valence-corrected chi connectivity index (χ0v) is 22.5. The highest BCUT2D eigenvalue weighted by atomic mass is 16.5. The number of imide groups is 1. The van der Waals surface area contributed by atoms with Crippen LogP contribution < -0.4 is 4.90 Å². The standard InChI is InChI=1S/C33H36N2O4/c1-24-19-31(36)35(32(24)37)30-17-9-8-16-29(30)33(38)39-23-26-20-28(27-14-6-3-7-15-27)22-34(21-26)18-10-13-25-11-4-2-5-12-25/h2-9,11-12,14-17,24,26,28H,10,13,18-23H2,1H3/t24?,26-,28+/m1/s1. The van der Waals surface area contributed by atoms with Gasteiger partial charge < -0.3 is 9.64 Å². The Labute approximate surface area is 230 Å². The fraction of sp³-hybridized carbons (Fsp3) is 0.364. The Morgan fingerprint density at radius 2 is 1.59 bits per heavy atom. The van der Waals surface area contributed by atoms with E-state index in [-0.39, 0.29) is 35.6 Å². The van der Waals surface area contributed by atoms with Crippen LogP contribution in [0, 0.1) is 11.8 Å². The number of rotatable bonds is 9. The molecule has 0 aliphatic carbocycles. The number of piperidine rings is 1. The van der Waals surface area contributed by atoms with E-state index in [1.807, 2.05) is 12.1 Å². The van der Waals surface area contributed by atoms with Crippen molar-refractivity contribution >= 4 is 23.5 Å². The molecule has 2 aliphatic heterocycles. The molecule has 39 heavy (non-hydrogen) atoms. The van der Waals surface area contributed by atoms with Crippen LogP contribution in [-0.2, 0) is 20.7 Å². The largest absolute Gasteiger partial charge is 0.462 e. The van der Waals surface area contributed by atoms with Gasteiger partial charge in [-0.05, 0) is 55.0 Å². The topological polar surface area (TPSA) is 66.9 Å². The molecule has 2 fully saturated rings. The Bertz CT molecular complexity index is 1290. The van der Waals surface area contributed by atoms with Gasteiger partial charge in [0.2, 0.25) is 11.8 Å². The van der Waals surface area contributed by atoms with Gasteiger partial charge in [0.05, 0.1) is 17.9 Å². The zero-order chi connectivity index (χ0) is 27.2. The van der Waals surface area contributed by atoms with Gasteiger partial charge in [-0.2, -0.15) is 0 Å². The van der Waals surface area contributed by atoms with Crippen LogP contribution in [0.25, 0.3) is 0 Å². The predicted octanol–water partition coefficient (Wildman–Crippen LogP) is 5.48. The SMILES string of the molecule is CC1CC(=O)N(c2ccccc2C(=O)OC[C@@H]2C[C@H](c3ccccc3)CN(CCCc3ccccc3)C2)C1=O. The average Bonchev–Trinajstić information content (AvgIpc) is 3.23. The van der Waals surface area contributed by atoms with Gasteiger partial charge in [0.15, 0.2) is 0 Å². The third-order valence-corrected chi connectivity index (χ3v) is 7.85. The molecule has 3 aromatic rings. The van der Waals surface area contributed by atoms with Crippen molar-refractivity contribution in [3.63, 3.8) is 0 Å². The molecule has 6 heteroatoms. The first kappa shape index (κ1) is 26.8. The predicted molar refractivity (Wildman–Crippen MR) is 151 cm³/mol. The summed E-state index contributed by atoms with van der Waals surface area (Å²) in [5.41, 5.74) is 3.23. The molecule has 3 aromatic carbocycles. The Hall–Kier alpha value is -3.77. The smallest absolute Gasteiger partial charge is 0.340 e. The van der Waals surface area contributed by atoms with Crippen molar-refractivity contribution in [2.45, 2.75) is 38.5 Å². The Kier molecular flexibility index (Phi) is 8.52. The van der Waals surface area contributed by atoms with E-state index in [9.17, 15) is 14.4 Å². The second kappa shape index (κ2) is 12.4. The summed E-state index contributed by atoms with van der Waals surface area (Å²) in [6.07, 6.45) is 3.21. The maximum absolute atomic E-state index is 13.2. The van der Waals surface area contributed by atoms with E-state index in [0.29, 0.717) is 18.2 Å². The number of ether oxygens (including phenoxy) is 1. The molecule has 0 bridgehead atoms. The summed E-state index contributed by atoms with van der Waals surface area (Å²) in [4.78, 5) is 42.0. The molecule has 0 N–H and O–H groups in total. The van der Waals surface area contributed by atoms with Gasteiger partial charge in [-0.3, -0.25) is 9.59 Å². The van der Waals surface area contributed by atoms with Crippen LogP contribution in [0.5, 0.6) is 0 Å². The molecule has 2 aliphatic rings. The van der Waals surface area contributed by atoms with Gasteiger partial charge in [0.1, 0.15) is 0 Å². The van der Waals surface area contributed by atoms with E-state index in [4.69, 9.17) is 4.74 Å². The number of hydrogen-bond donors (Lipinski definition) is 0. The Balaban J connectivity index is 1.25. The molecule has 6 nitrogen and oxygen atoms in total. The lowest BCUT2D eigenvalue weighted by molar-refractivity contribution is -0.122. The molecule has 0 spiro atoms. The van der Waals surface area contributed by atoms with Crippen LogP contribution in [0.2, 0.25) is 0 Å². The number of hydrogen-bond acceptors (Lipinski definition) is 5. The molecule has 2 heterocycles. The van der Waals surface area contributed by atoms with Crippen LogP contribution in [0.1, 0.15) is 53.6 Å². The van der Waals surface area contributed by atoms with Crippen molar-refractivity contribution in [2.75, 3.05) is 31.1 Å². The Morgan fingerprint density at radius 1 is 0.897 bits per heavy atom. The van der Waals surface area contributed by atoms with Gasteiger partial charge in [-0.25, -0.2) is 9.69 Å². The molecule has 3 atom stereocenters. The monoisotopic (exact) mass is 524 g/mol. The number of esters is 1. The fourth-order valence-electron chi connectivity index (χ4n) is 5.87. The van der Waals surface area contributed by atoms with Crippen LogP contribution in [0.3, 0.4) is 0 Å². The first-order valence-electron chi connectivity index (χ1n) is 13.9. The molecule has 202 valence electrons. The first-order valence-corrected chi connectivity index (χ1v) is 13.9. The van der Waals surface area contributed by atoms with Crippen molar-refractivity contribution in [3.05, 3.63) is 102 Å². The van der Waals surface area contributed by atoms with Gasteiger partial charge in [-0.1, -0.05) is 79.7 Å². The molecule has 0 saturated carbocycles. The lowest BCUT2D eigenvalue weighted by atomic mass is 9.84.